The molecular formula is C18H29NS. The molecule has 1 atom stereocenters. The van der Waals surface area contributed by atoms with Gasteiger partial charge in [0.25, 0.3) is 0 Å². The first kappa shape index (κ1) is 15.9. The van der Waals surface area contributed by atoms with Crippen molar-refractivity contribution in [1.29, 1.82) is 0 Å². The number of aryl methyl sites for hydroxylation is 3. The number of nitrogens with one attached hydrogen (secondary N) is 1. The number of benzene rings is 1. The SMILES string of the molecule is CNC(CSC1CCCC1)Cc1c(C)cc(C)cc1C. The Morgan fingerprint density at radius 2 is 1.75 bits per heavy atom. The molecule has 20 heavy (non-hydrogen) atoms. The minimum absolute atomic E-state index is 0.598. The molecule has 2 heteroatoms. The summed E-state index contributed by atoms with van der Waals surface area (Å²) in [5.74, 6) is 1.24. The zero-order valence-corrected chi connectivity index (χ0v) is 14.3. The minimum atomic E-state index is 0.598. The highest BCUT2D eigenvalue weighted by molar-refractivity contribution is 7.99. The molecule has 1 saturated carbocycles. The van der Waals surface area contributed by atoms with Gasteiger partial charge >= 0.3 is 0 Å². The van der Waals surface area contributed by atoms with E-state index in [4.69, 9.17) is 0 Å². The molecule has 0 heterocycles. The van der Waals surface area contributed by atoms with Crippen molar-refractivity contribution < 1.29 is 0 Å². The number of thioether (sulfide) groups is 1. The van der Waals surface area contributed by atoms with Gasteiger partial charge < -0.3 is 5.32 Å². The molecule has 112 valence electrons. The number of hydrogen-bond acceptors (Lipinski definition) is 2. The summed E-state index contributed by atoms with van der Waals surface area (Å²) >= 11 is 2.19. The Hall–Kier alpha value is -0.470. The normalized spacial score (nSPS) is 17.6. The van der Waals surface area contributed by atoms with Crippen LogP contribution in [0.4, 0.5) is 0 Å². The molecule has 1 aromatic carbocycles. The van der Waals surface area contributed by atoms with Crippen LogP contribution in [0, 0.1) is 20.8 Å². The highest BCUT2D eigenvalue weighted by Gasteiger charge is 2.18. The lowest BCUT2D eigenvalue weighted by Crippen LogP contribution is -2.31. The highest BCUT2D eigenvalue weighted by Crippen LogP contribution is 2.30. The quantitative estimate of drug-likeness (QED) is 0.833. The van der Waals surface area contributed by atoms with Crippen LogP contribution >= 0.6 is 11.8 Å². The largest absolute Gasteiger partial charge is 0.316 e. The van der Waals surface area contributed by atoms with Gasteiger partial charge in [-0.2, -0.15) is 11.8 Å². The van der Waals surface area contributed by atoms with E-state index in [0.29, 0.717) is 6.04 Å². The van der Waals surface area contributed by atoms with E-state index in [1.807, 2.05) is 0 Å². The molecule has 1 fully saturated rings. The average Bonchev–Trinajstić information content (AvgIpc) is 2.90. The second-order valence-corrected chi connectivity index (χ2v) is 7.64. The van der Waals surface area contributed by atoms with Crippen LogP contribution in [-0.4, -0.2) is 24.1 Å². The second kappa shape index (κ2) is 7.51. The van der Waals surface area contributed by atoms with Gasteiger partial charge in [0.2, 0.25) is 0 Å². The van der Waals surface area contributed by atoms with Crippen LogP contribution in [0.2, 0.25) is 0 Å². The smallest absolute Gasteiger partial charge is 0.0195 e. The van der Waals surface area contributed by atoms with E-state index >= 15 is 0 Å². The third-order valence-electron chi connectivity index (χ3n) is 4.53. The average molecular weight is 292 g/mol. The Balaban J connectivity index is 1.95. The summed E-state index contributed by atoms with van der Waals surface area (Å²) in [5.41, 5.74) is 5.83. The van der Waals surface area contributed by atoms with Crippen molar-refractivity contribution in [3.8, 4) is 0 Å². The van der Waals surface area contributed by atoms with Gasteiger partial charge in [0, 0.05) is 17.0 Å². The zero-order chi connectivity index (χ0) is 14.5. The Kier molecular flexibility index (Phi) is 5.98. The first-order valence-corrected chi connectivity index (χ1v) is 9.00. The summed E-state index contributed by atoms with van der Waals surface area (Å²) in [6, 6.07) is 5.24. The molecule has 1 aliphatic rings. The number of hydrogen-bond donors (Lipinski definition) is 1. The Morgan fingerprint density at radius 3 is 2.30 bits per heavy atom. The molecule has 0 aromatic heterocycles. The van der Waals surface area contributed by atoms with E-state index in [-0.39, 0.29) is 0 Å². The predicted octanol–water partition coefficient (Wildman–Crippen LogP) is 4.42. The van der Waals surface area contributed by atoms with Gasteiger partial charge in [-0.15, -0.1) is 0 Å². The lowest BCUT2D eigenvalue weighted by atomic mass is 9.95. The van der Waals surface area contributed by atoms with Crippen molar-refractivity contribution in [2.75, 3.05) is 12.8 Å². The van der Waals surface area contributed by atoms with Crippen LogP contribution in [-0.2, 0) is 6.42 Å². The van der Waals surface area contributed by atoms with Gasteiger partial charge in [-0.25, -0.2) is 0 Å². The molecular weight excluding hydrogens is 262 g/mol. The monoisotopic (exact) mass is 291 g/mol. The van der Waals surface area contributed by atoms with Crippen molar-refractivity contribution in [2.24, 2.45) is 0 Å². The predicted molar refractivity (Wildman–Crippen MR) is 91.9 cm³/mol. The van der Waals surface area contributed by atoms with Crippen LogP contribution in [0.1, 0.15) is 47.9 Å². The van der Waals surface area contributed by atoms with Gasteiger partial charge in [0.1, 0.15) is 0 Å². The van der Waals surface area contributed by atoms with E-state index in [9.17, 15) is 0 Å². The van der Waals surface area contributed by atoms with Crippen LogP contribution in [0.5, 0.6) is 0 Å². The van der Waals surface area contributed by atoms with E-state index in [1.165, 1.54) is 48.1 Å². The molecule has 0 amide bonds. The fourth-order valence-electron chi connectivity index (χ4n) is 3.33. The van der Waals surface area contributed by atoms with E-state index in [1.54, 1.807) is 5.56 Å². The molecule has 1 aromatic rings. The van der Waals surface area contributed by atoms with Gasteiger partial charge in [-0.05, 0) is 63.8 Å². The zero-order valence-electron chi connectivity index (χ0n) is 13.5. The summed E-state index contributed by atoms with van der Waals surface area (Å²) in [4.78, 5) is 0. The molecule has 0 aliphatic heterocycles. The molecule has 1 nitrogen and oxygen atoms in total. The lowest BCUT2D eigenvalue weighted by Gasteiger charge is -2.21. The first-order valence-electron chi connectivity index (χ1n) is 7.95. The van der Waals surface area contributed by atoms with E-state index < -0.39 is 0 Å². The summed E-state index contributed by atoms with van der Waals surface area (Å²) in [7, 11) is 2.11. The second-order valence-electron chi connectivity index (χ2n) is 6.31. The molecule has 0 spiro atoms. The molecule has 1 N–H and O–H groups in total. The van der Waals surface area contributed by atoms with Crippen LogP contribution in [0.25, 0.3) is 0 Å². The summed E-state index contributed by atoms with van der Waals surface area (Å²) in [6.07, 6.45) is 6.91. The van der Waals surface area contributed by atoms with Crippen molar-refractivity contribution in [3.05, 3.63) is 34.4 Å². The van der Waals surface area contributed by atoms with Gasteiger partial charge in [0.05, 0.1) is 0 Å². The third-order valence-corrected chi connectivity index (χ3v) is 6.07. The Labute approximate surface area is 128 Å². The van der Waals surface area contributed by atoms with Crippen molar-refractivity contribution >= 4 is 11.8 Å². The van der Waals surface area contributed by atoms with Gasteiger partial charge in [-0.3, -0.25) is 0 Å². The van der Waals surface area contributed by atoms with Gasteiger partial charge in [0.15, 0.2) is 0 Å². The third kappa shape index (κ3) is 4.26. The van der Waals surface area contributed by atoms with E-state index in [2.05, 4.69) is 57.0 Å². The molecule has 1 unspecified atom stereocenters. The van der Waals surface area contributed by atoms with Crippen LogP contribution in [0.3, 0.4) is 0 Å². The molecule has 0 bridgehead atoms. The first-order chi connectivity index (χ1) is 9.60. The van der Waals surface area contributed by atoms with Crippen molar-refractivity contribution in [1.82, 2.24) is 5.32 Å². The maximum atomic E-state index is 3.52. The van der Waals surface area contributed by atoms with Crippen molar-refractivity contribution in [2.45, 2.75) is 64.2 Å². The molecule has 2 rings (SSSR count). The standard InChI is InChI=1S/C18H29NS/c1-13-9-14(2)18(15(3)10-13)11-16(19-4)12-20-17-7-5-6-8-17/h9-10,16-17,19H,5-8,11-12H2,1-4H3. The Bertz CT molecular complexity index is 412. The van der Waals surface area contributed by atoms with E-state index in [0.717, 1.165) is 11.7 Å². The van der Waals surface area contributed by atoms with Crippen molar-refractivity contribution in [3.63, 3.8) is 0 Å². The summed E-state index contributed by atoms with van der Waals surface area (Å²) in [6.45, 7) is 6.70. The maximum Gasteiger partial charge on any atom is 0.0195 e. The molecule has 0 saturated heterocycles. The fourth-order valence-corrected chi connectivity index (χ4v) is 4.79. The minimum Gasteiger partial charge on any atom is -0.316 e. The summed E-state index contributed by atoms with van der Waals surface area (Å²) < 4.78 is 0. The number of rotatable bonds is 6. The van der Waals surface area contributed by atoms with Crippen LogP contribution in [0.15, 0.2) is 12.1 Å². The Morgan fingerprint density at radius 1 is 1.15 bits per heavy atom. The molecule has 1 aliphatic carbocycles. The fraction of sp³-hybridized carbons (Fsp3) is 0.667. The van der Waals surface area contributed by atoms with Crippen LogP contribution < -0.4 is 5.32 Å². The highest BCUT2D eigenvalue weighted by atomic mass is 32.2. The van der Waals surface area contributed by atoms with Gasteiger partial charge in [-0.1, -0.05) is 30.5 Å². The topological polar surface area (TPSA) is 12.0 Å². The summed E-state index contributed by atoms with van der Waals surface area (Å²) in [5, 5.41) is 4.44. The maximum absolute atomic E-state index is 3.52. The molecule has 0 radical (unpaired) electrons. The lowest BCUT2D eigenvalue weighted by molar-refractivity contribution is 0.612. The number of likely N-dealkylation sites (N-methyl/N-ethyl adjacent to an activating group) is 1.